The first-order valence-electron chi connectivity index (χ1n) is 6.89. The molecule has 2 aromatic rings. The van der Waals surface area contributed by atoms with E-state index in [1.165, 1.54) is 39.5 Å². The summed E-state index contributed by atoms with van der Waals surface area (Å²) < 4.78 is 0. The maximum atomic E-state index is 12.1. The number of thiophene rings is 2. The molecule has 0 unspecified atom stereocenters. The zero-order chi connectivity index (χ0) is 14.8. The van der Waals surface area contributed by atoms with E-state index in [4.69, 9.17) is 0 Å². The van der Waals surface area contributed by atoms with E-state index >= 15 is 0 Å². The van der Waals surface area contributed by atoms with Crippen LogP contribution in [-0.2, 0) is 12.8 Å². The molecule has 4 nitrogen and oxygen atoms in total. The normalized spacial score (nSPS) is 17.1. The van der Waals surface area contributed by atoms with Gasteiger partial charge >= 0.3 is 0 Å². The average molecular weight is 320 g/mol. The Hall–Kier alpha value is -1.66. The Morgan fingerprint density at radius 2 is 2.00 bits per heavy atom. The number of hydrogen-bond donors (Lipinski definition) is 2. The van der Waals surface area contributed by atoms with E-state index in [2.05, 4.69) is 17.8 Å². The number of rotatable bonds is 2. The Morgan fingerprint density at radius 1 is 1.24 bits per heavy atom. The Morgan fingerprint density at radius 3 is 2.71 bits per heavy atom. The van der Waals surface area contributed by atoms with Crippen molar-refractivity contribution in [1.82, 2.24) is 10.9 Å². The molecule has 110 valence electrons. The second-order valence-electron chi connectivity index (χ2n) is 5.29. The lowest BCUT2D eigenvalue weighted by atomic mass is 9.90. The second-order valence-corrected chi connectivity index (χ2v) is 7.38. The van der Waals surface area contributed by atoms with Crippen molar-refractivity contribution >= 4 is 34.5 Å². The minimum atomic E-state index is -0.284. The van der Waals surface area contributed by atoms with E-state index in [0.29, 0.717) is 15.7 Å². The smallest absolute Gasteiger partial charge is 0.266 e. The van der Waals surface area contributed by atoms with E-state index in [1.54, 1.807) is 12.1 Å². The van der Waals surface area contributed by atoms with Gasteiger partial charge in [0, 0.05) is 4.88 Å². The maximum absolute atomic E-state index is 12.1. The van der Waals surface area contributed by atoms with Crippen molar-refractivity contribution < 1.29 is 9.59 Å². The fourth-order valence-corrected chi connectivity index (χ4v) is 4.18. The SMILES string of the molecule is C[C@H]1CCc2sc(C(=O)NNC(=O)c3cccs3)cc2C1. The molecule has 2 N–H and O–H groups in total. The molecule has 2 amide bonds. The van der Waals surface area contributed by atoms with Crippen molar-refractivity contribution in [3.05, 3.63) is 43.8 Å². The summed E-state index contributed by atoms with van der Waals surface area (Å²) in [6.45, 7) is 2.24. The maximum Gasteiger partial charge on any atom is 0.279 e. The van der Waals surface area contributed by atoms with Gasteiger partial charge < -0.3 is 0 Å². The summed E-state index contributed by atoms with van der Waals surface area (Å²) in [7, 11) is 0. The highest BCUT2D eigenvalue weighted by molar-refractivity contribution is 7.14. The lowest BCUT2D eigenvalue weighted by Gasteiger charge is -2.16. The molecular formula is C15H16N2O2S2. The van der Waals surface area contributed by atoms with Crippen LogP contribution in [0, 0.1) is 5.92 Å². The molecular weight excluding hydrogens is 304 g/mol. The first-order chi connectivity index (χ1) is 10.1. The van der Waals surface area contributed by atoms with Crippen LogP contribution in [0.3, 0.4) is 0 Å². The number of hydrazine groups is 1. The molecule has 1 atom stereocenters. The molecule has 0 saturated carbocycles. The molecule has 0 aliphatic heterocycles. The van der Waals surface area contributed by atoms with E-state index in [1.807, 2.05) is 11.4 Å². The number of fused-ring (bicyclic) bond motifs is 1. The van der Waals surface area contributed by atoms with Gasteiger partial charge in [-0.3, -0.25) is 20.4 Å². The molecule has 0 fully saturated rings. The lowest BCUT2D eigenvalue weighted by Crippen LogP contribution is -2.41. The Labute approximate surface area is 131 Å². The molecule has 0 bridgehead atoms. The van der Waals surface area contributed by atoms with Gasteiger partial charge in [-0.2, -0.15) is 0 Å². The highest BCUT2D eigenvalue weighted by atomic mass is 32.1. The Bertz CT molecular complexity index is 661. The van der Waals surface area contributed by atoms with Gasteiger partial charge in [-0.1, -0.05) is 13.0 Å². The number of nitrogens with one attached hydrogen (secondary N) is 2. The van der Waals surface area contributed by atoms with Crippen LogP contribution < -0.4 is 10.9 Å². The third-order valence-electron chi connectivity index (χ3n) is 3.59. The van der Waals surface area contributed by atoms with Gasteiger partial charge in [0.1, 0.15) is 0 Å². The average Bonchev–Trinajstić information content (AvgIpc) is 3.12. The molecule has 0 spiro atoms. The minimum Gasteiger partial charge on any atom is -0.266 e. The van der Waals surface area contributed by atoms with Gasteiger partial charge in [0.15, 0.2) is 0 Å². The highest BCUT2D eigenvalue weighted by Gasteiger charge is 2.21. The van der Waals surface area contributed by atoms with Crippen molar-refractivity contribution in [2.75, 3.05) is 0 Å². The third-order valence-corrected chi connectivity index (χ3v) is 5.69. The van der Waals surface area contributed by atoms with E-state index in [-0.39, 0.29) is 11.8 Å². The number of amides is 2. The lowest BCUT2D eigenvalue weighted by molar-refractivity contribution is 0.0851. The minimum absolute atomic E-state index is 0.244. The summed E-state index contributed by atoms with van der Waals surface area (Å²) in [5.74, 6) is 0.154. The van der Waals surface area contributed by atoms with Crippen molar-refractivity contribution in [2.45, 2.75) is 26.2 Å². The molecule has 0 saturated heterocycles. The van der Waals surface area contributed by atoms with Crippen molar-refractivity contribution in [3.63, 3.8) is 0 Å². The second kappa shape index (κ2) is 5.99. The van der Waals surface area contributed by atoms with Crippen LogP contribution in [0.25, 0.3) is 0 Å². The fraction of sp³-hybridized carbons (Fsp3) is 0.333. The number of carbonyl (C=O) groups excluding carboxylic acids is 2. The molecule has 3 rings (SSSR count). The van der Waals surface area contributed by atoms with E-state index < -0.39 is 0 Å². The summed E-state index contributed by atoms with van der Waals surface area (Å²) in [5, 5.41) is 1.82. The van der Waals surface area contributed by atoms with Gasteiger partial charge in [0.05, 0.1) is 9.75 Å². The standard InChI is InChI=1S/C15H16N2O2S2/c1-9-4-5-11-10(7-9)8-13(21-11)15(19)17-16-14(18)12-3-2-6-20-12/h2-3,6,8-9H,4-5,7H2,1H3,(H,16,18)(H,17,19)/t9-/m0/s1. The van der Waals surface area contributed by atoms with Crippen LogP contribution >= 0.6 is 22.7 Å². The van der Waals surface area contributed by atoms with Crippen molar-refractivity contribution in [2.24, 2.45) is 5.92 Å². The largest absolute Gasteiger partial charge is 0.279 e. The summed E-state index contributed by atoms with van der Waals surface area (Å²) in [6, 6.07) is 5.48. The first-order valence-corrected chi connectivity index (χ1v) is 8.59. The number of carbonyl (C=O) groups is 2. The molecule has 6 heteroatoms. The molecule has 21 heavy (non-hydrogen) atoms. The zero-order valence-electron chi connectivity index (χ0n) is 11.6. The predicted octanol–water partition coefficient (Wildman–Crippen LogP) is 3.01. The fourth-order valence-electron chi connectivity index (χ4n) is 2.46. The van der Waals surface area contributed by atoms with Gasteiger partial charge in [-0.25, -0.2) is 0 Å². The monoisotopic (exact) mass is 320 g/mol. The highest BCUT2D eigenvalue weighted by Crippen LogP contribution is 2.32. The van der Waals surface area contributed by atoms with Gasteiger partial charge in [-0.15, -0.1) is 22.7 Å². The molecule has 1 aliphatic carbocycles. The van der Waals surface area contributed by atoms with Crippen LogP contribution in [0.15, 0.2) is 23.6 Å². The quantitative estimate of drug-likeness (QED) is 0.836. The molecule has 2 aromatic heterocycles. The summed E-state index contributed by atoms with van der Waals surface area (Å²) >= 11 is 2.87. The summed E-state index contributed by atoms with van der Waals surface area (Å²) in [5.41, 5.74) is 6.22. The van der Waals surface area contributed by atoms with Crippen molar-refractivity contribution in [1.29, 1.82) is 0 Å². The molecule has 1 aliphatic rings. The number of hydrogen-bond acceptors (Lipinski definition) is 4. The Balaban J connectivity index is 1.62. The molecule has 0 aromatic carbocycles. The van der Waals surface area contributed by atoms with Gasteiger partial charge in [0.25, 0.3) is 11.8 Å². The van der Waals surface area contributed by atoms with Gasteiger partial charge in [-0.05, 0) is 48.3 Å². The van der Waals surface area contributed by atoms with Crippen LogP contribution in [0.5, 0.6) is 0 Å². The van der Waals surface area contributed by atoms with Crippen molar-refractivity contribution in [3.8, 4) is 0 Å². The number of aryl methyl sites for hydroxylation is 1. The third kappa shape index (κ3) is 3.16. The van der Waals surface area contributed by atoms with Crippen LogP contribution in [0.2, 0.25) is 0 Å². The first kappa shape index (κ1) is 14.3. The van der Waals surface area contributed by atoms with E-state index in [0.717, 1.165) is 12.8 Å². The molecule has 0 radical (unpaired) electrons. The summed E-state index contributed by atoms with van der Waals surface area (Å²) in [6.07, 6.45) is 3.28. The zero-order valence-corrected chi connectivity index (χ0v) is 13.3. The van der Waals surface area contributed by atoms with Crippen LogP contribution in [0.1, 0.15) is 43.1 Å². The van der Waals surface area contributed by atoms with Crippen LogP contribution in [-0.4, -0.2) is 11.8 Å². The predicted molar refractivity (Wildman–Crippen MR) is 84.8 cm³/mol. The van der Waals surface area contributed by atoms with Crippen LogP contribution in [0.4, 0.5) is 0 Å². The topological polar surface area (TPSA) is 58.2 Å². The van der Waals surface area contributed by atoms with Gasteiger partial charge in [0.2, 0.25) is 0 Å². The Kier molecular flexibility index (Phi) is 4.07. The van der Waals surface area contributed by atoms with E-state index in [9.17, 15) is 9.59 Å². The molecule has 2 heterocycles. The summed E-state index contributed by atoms with van der Waals surface area (Å²) in [4.78, 5) is 26.4.